The number of likely N-dealkylation sites (tertiary alicyclic amines) is 1. The Morgan fingerprint density at radius 3 is 2.76 bits per heavy atom. The molecule has 29 heavy (non-hydrogen) atoms. The van der Waals surface area contributed by atoms with Crippen LogP contribution < -0.4 is 0 Å². The number of aromatic nitrogens is 3. The van der Waals surface area contributed by atoms with Crippen molar-refractivity contribution in [3.63, 3.8) is 0 Å². The van der Waals surface area contributed by atoms with Gasteiger partial charge < -0.3 is 9.64 Å². The van der Waals surface area contributed by atoms with Crippen molar-refractivity contribution in [1.82, 2.24) is 24.2 Å². The molecule has 9 nitrogen and oxygen atoms in total. The van der Waals surface area contributed by atoms with Crippen LogP contribution in [-0.4, -0.2) is 77.9 Å². The van der Waals surface area contributed by atoms with Gasteiger partial charge >= 0.3 is 0 Å². The summed E-state index contributed by atoms with van der Waals surface area (Å²) in [6, 6.07) is 4.28. The first-order valence-corrected chi connectivity index (χ1v) is 11.6. The van der Waals surface area contributed by atoms with Gasteiger partial charge in [0.05, 0.1) is 10.4 Å². The summed E-state index contributed by atoms with van der Waals surface area (Å²) in [5.41, 5.74) is 1.32. The summed E-state index contributed by atoms with van der Waals surface area (Å²) >= 11 is 0. The average Bonchev–Trinajstić information content (AvgIpc) is 3.47. The molecule has 0 aliphatic carbocycles. The molecule has 2 saturated heterocycles. The Balaban J connectivity index is 1.57. The molecule has 0 bridgehead atoms. The summed E-state index contributed by atoms with van der Waals surface area (Å²) in [4.78, 5) is 14.8. The number of carbonyl (C=O) groups excluding carboxylic acids is 1. The van der Waals surface area contributed by atoms with Gasteiger partial charge in [0.15, 0.2) is 0 Å². The molecular weight excluding hydrogens is 394 g/mol. The highest BCUT2D eigenvalue weighted by Crippen LogP contribution is 2.29. The molecule has 2 fully saturated rings. The van der Waals surface area contributed by atoms with E-state index in [1.807, 2.05) is 0 Å². The Morgan fingerprint density at radius 1 is 1.21 bits per heavy atom. The number of methoxy groups -OCH3 is 1. The molecule has 10 heteroatoms. The van der Waals surface area contributed by atoms with Crippen molar-refractivity contribution in [2.24, 2.45) is 0 Å². The molecule has 1 unspecified atom stereocenters. The Bertz CT molecular complexity index is 984. The summed E-state index contributed by atoms with van der Waals surface area (Å²) in [5, 5.41) is 8.25. The largest absolute Gasteiger partial charge is 0.385 e. The van der Waals surface area contributed by atoms with Crippen LogP contribution in [-0.2, 0) is 26.1 Å². The standard InChI is InChI=1S/C19H27N5O4S/c1-28-13-5-11-23-17-8-7-15(14-16(17)20-21-23)29(26,27)24-12-4-6-18(24)19(25)22-9-2-3-10-22/h7-8,14,18H,2-6,9-13H2,1H3. The highest BCUT2D eigenvalue weighted by Gasteiger charge is 2.41. The third-order valence-corrected chi connectivity index (χ3v) is 7.62. The third kappa shape index (κ3) is 3.88. The van der Waals surface area contributed by atoms with Crippen molar-refractivity contribution in [3.8, 4) is 0 Å². The van der Waals surface area contributed by atoms with Crippen LogP contribution in [0.3, 0.4) is 0 Å². The second-order valence-electron chi connectivity index (χ2n) is 7.62. The Hall–Kier alpha value is -2.04. The lowest BCUT2D eigenvalue weighted by atomic mass is 10.2. The van der Waals surface area contributed by atoms with E-state index in [2.05, 4.69) is 10.3 Å². The number of aryl methyl sites for hydroxylation is 1. The lowest BCUT2D eigenvalue weighted by Gasteiger charge is -2.27. The minimum atomic E-state index is -3.78. The van der Waals surface area contributed by atoms with Gasteiger partial charge in [-0.15, -0.1) is 5.10 Å². The van der Waals surface area contributed by atoms with Crippen LogP contribution in [0.1, 0.15) is 32.1 Å². The SMILES string of the molecule is COCCCn1nnc2cc(S(=O)(=O)N3CCCC3C(=O)N3CCCC3)ccc21. The minimum Gasteiger partial charge on any atom is -0.385 e. The van der Waals surface area contributed by atoms with Crippen LogP contribution in [0.5, 0.6) is 0 Å². The van der Waals surface area contributed by atoms with E-state index in [9.17, 15) is 13.2 Å². The third-order valence-electron chi connectivity index (χ3n) is 5.72. The van der Waals surface area contributed by atoms with E-state index in [1.165, 1.54) is 4.31 Å². The fourth-order valence-corrected chi connectivity index (χ4v) is 5.87. The van der Waals surface area contributed by atoms with Gasteiger partial charge in [0.1, 0.15) is 11.6 Å². The van der Waals surface area contributed by atoms with Crippen molar-refractivity contribution in [2.75, 3.05) is 33.4 Å². The number of benzene rings is 1. The maximum absolute atomic E-state index is 13.3. The molecule has 2 aliphatic rings. The van der Waals surface area contributed by atoms with Crippen LogP contribution >= 0.6 is 0 Å². The molecule has 158 valence electrons. The van der Waals surface area contributed by atoms with Crippen molar-refractivity contribution in [2.45, 2.75) is 49.6 Å². The number of sulfonamides is 1. The van der Waals surface area contributed by atoms with Gasteiger partial charge in [0.25, 0.3) is 0 Å². The molecule has 1 aromatic heterocycles. The Labute approximate surface area is 170 Å². The molecule has 0 N–H and O–H groups in total. The van der Waals surface area contributed by atoms with Crippen LogP contribution in [0.15, 0.2) is 23.1 Å². The van der Waals surface area contributed by atoms with E-state index in [1.54, 1.807) is 34.9 Å². The molecule has 2 aromatic rings. The molecule has 1 aromatic carbocycles. The zero-order chi connectivity index (χ0) is 20.4. The predicted molar refractivity (Wildman–Crippen MR) is 107 cm³/mol. The zero-order valence-corrected chi connectivity index (χ0v) is 17.5. The molecular formula is C19H27N5O4S. The summed E-state index contributed by atoms with van der Waals surface area (Å²) in [5.74, 6) is -0.0614. The quantitative estimate of drug-likeness (QED) is 0.624. The molecule has 4 rings (SSSR count). The van der Waals surface area contributed by atoms with E-state index in [0.717, 1.165) is 37.9 Å². The van der Waals surface area contributed by atoms with Crippen molar-refractivity contribution in [3.05, 3.63) is 18.2 Å². The first-order valence-electron chi connectivity index (χ1n) is 10.1. The fourth-order valence-electron chi connectivity index (χ4n) is 4.19. The molecule has 1 amide bonds. The van der Waals surface area contributed by atoms with E-state index in [-0.39, 0.29) is 10.8 Å². The predicted octanol–water partition coefficient (Wildman–Crippen LogP) is 1.24. The lowest BCUT2D eigenvalue weighted by Crippen LogP contribution is -2.46. The van der Waals surface area contributed by atoms with Gasteiger partial charge in [-0.25, -0.2) is 13.1 Å². The van der Waals surface area contributed by atoms with Gasteiger partial charge in [-0.1, -0.05) is 5.21 Å². The van der Waals surface area contributed by atoms with Crippen molar-refractivity contribution >= 4 is 27.0 Å². The average molecular weight is 422 g/mol. The highest BCUT2D eigenvalue weighted by atomic mass is 32.2. The second kappa shape index (κ2) is 8.37. The number of ether oxygens (including phenoxy) is 1. The summed E-state index contributed by atoms with van der Waals surface area (Å²) in [6.07, 6.45) is 4.04. The normalized spacial score (nSPS) is 20.7. The van der Waals surface area contributed by atoms with E-state index < -0.39 is 16.1 Å². The molecule has 0 spiro atoms. The first kappa shape index (κ1) is 20.2. The molecule has 0 radical (unpaired) electrons. The van der Waals surface area contributed by atoms with Gasteiger partial charge in [-0.3, -0.25) is 4.79 Å². The van der Waals surface area contributed by atoms with E-state index in [0.29, 0.717) is 38.1 Å². The number of nitrogens with zero attached hydrogens (tertiary/aromatic N) is 5. The van der Waals surface area contributed by atoms with E-state index >= 15 is 0 Å². The first-order chi connectivity index (χ1) is 14.0. The zero-order valence-electron chi connectivity index (χ0n) is 16.7. The van der Waals surface area contributed by atoms with Crippen molar-refractivity contribution < 1.29 is 17.9 Å². The number of rotatable bonds is 7. The number of fused-ring (bicyclic) bond motifs is 1. The van der Waals surface area contributed by atoms with Crippen LogP contribution in [0, 0.1) is 0 Å². The van der Waals surface area contributed by atoms with Crippen molar-refractivity contribution in [1.29, 1.82) is 0 Å². The van der Waals surface area contributed by atoms with Gasteiger partial charge in [-0.05, 0) is 50.3 Å². The summed E-state index contributed by atoms with van der Waals surface area (Å²) < 4.78 is 34.8. The molecule has 1 atom stereocenters. The maximum Gasteiger partial charge on any atom is 0.243 e. The van der Waals surface area contributed by atoms with Crippen LogP contribution in [0.4, 0.5) is 0 Å². The summed E-state index contributed by atoms with van der Waals surface area (Å²) in [7, 11) is -2.13. The molecule has 2 aliphatic heterocycles. The fraction of sp³-hybridized carbons (Fsp3) is 0.632. The van der Waals surface area contributed by atoms with Gasteiger partial charge in [0, 0.05) is 39.9 Å². The second-order valence-corrected chi connectivity index (χ2v) is 9.51. The number of carbonyl (C=O) groups is 1. The minimum absolute atomic E-state index is 0.0614. The molecule has 3 heterocycles. The smallest absolute Gasteiger partial charge is 0.243 e. The topological polar surface area (TPSA) is 97.6 Å². The van der Waals surface area contributed by atoms with Gasteiger partial charge in [-0.2, -0.15) is 4.31 Å². The monoisotopic (exact) mass is 421 g/mol. The van der Waals surface area contributed by atoms with Gasteiger partial charge in [0.2, 0.25) is 15.9 Å². The van der Waals surface area contributed by atoms with E-state index in [4.69, 9.17) is 4.74 Å². The van der Waals surface area contributed by atoms with Crippen LogP contribution in [0.25, 0.3) is 11.0 Å². The van der Waals surface area contributed by atoms with Crippen LogP contribution in [0.2, 0.25) is 0 Å². The highest BCUT2D eigenvalue weighted by molar-refractivity contribution is 7.89. The summed E-state index contributed by atoms with van der Waals surface area (Å²) in [6.45, 7) is 3.08. The number of amides is 1. The lowest BCUT2D eigenvalue weighted by molar-refractivity contribution is -0.133. The maximum atomic E-state index is 13.3. The Morgan fingerprint density at radius 2 is 2.00 bits per heavy atom. The number of hydrogen-bond donors (Lipinski definition) is 0. The number of hydrogen-bond acceptors (Lipinski definition) is 6. The molecule has 0 saturated carbocycles. The Kier molecular flexibility index (Phi) is 5.84.